The number of carboxylic acids is 1. The van der Waals surface area contributed by atoms with Crippen molar-refractivity contribution in [1.29, 1.82) is 0 Å². The van der Waals surface area contributed by atoms with Gasteiger partial charge in [-0.2, -0.15) is 0 Å². The van der Waals surface area contributed by atoms with Gasteiger partial charge in [0.1, 0.15) is 4.88 Å². The third-order valence-corrected chi connectivity index (χ3v) is 3.14. The van der Waals surface area contributed by atoms with Crippen LogP contribution in [0.1, 0.15) is 9.67 Å². The molecule has 0 saturated carbocycles. The molecule has 2 rings (SSSR count). The van der Waals surface area contributed by atoms with Crippen LogP contribution in [0.5, 0.6) is 0 Å². The van der Waals surface area contributed by atoms with Crippen LogP contribution in [0.4, 0.5) is 8.78 Å². The van der Waals surface area contributed by atoms with Gasteiger partial charge in [-0.3, -0.25) is 0 Å². The molecule has 0 amide bonds. The molecule has 0 atom stereocenters. The van der Waals surface area contributed by atoms with E-state index >= 15 is 0 Å². The van der Waals surface area contributed by atoms with E-state index in [1.807, 2.05) is 0 Å². The van der Waals surface area contributed by atoms with Gasteiger partial charge in [0.15, 0.2) is 11.6 Å². The van der Waals surface area contributed by atoms with Gasteiger partial charge in [-0.15, -0.1) is 11.3 Å². The number of carbonyl (C=O) groups is 1. The molecule has 0 aliphatic heterocycles. The Bertz CT molecular complexity index is 549. The summed E-state index contributed by atoms with van der Waals surface area (Å²) >= 11 is 1.02. The van der Waals surface area contributed by atoms with Crippen LogP contribution in [0.25, 0.3) is 10.4 Å². The van der Waals surface area contributed by atoms with Gasteiger partial charge >= 0.3 is 5.97 Å². The molecular formula is C11H6F2O2S. The van der Waals surface area contributed by atoms with Crippen molar-refractivity contribution < 1.29 is 18.7 Å². The van der Waals surface area contributed by atoms with Crippen LogP contribution in [0, 0.1) is 11.6 Å². The number of hydrogen-bond donors (Lipinski definition) is 1. The molecule has 1 aromatic heterocycles. The standard InChI is InChI=1S/C11H6F2O2S/c12-7-2-1-6(5-8(7)13)9-3-4-10(16-9)11(14)15/h1-5H,(H,14,15). The van der Waals surface area contributed by atoms with Gasteiger partial charge in [-0.05, 0) is 29.8 Å². The molecule has 2 nitrogen and oxygen atoms in total. The van der Waals surface area contributed by atoms with E-state index in [1.165, 1.54) is 12.1 Å². The summed E-state index contributed by atoms with van der Waals surface area (Å²) in [6.07, 6.45) is 0. The summed E-state index contributed by atoms with van der Waals surface area (Å²) in [6, 6.07) is 6.48. The highest BCUT2D eigenvalue weighted by Gasteiger charge is 2.10. The molecule has 2 aromatic rings. The average Bonchev–Trinajstić information content (AvgIpc) is 2.71. The molecule has 0 unspecified atom stereocenters. The number of aromatic carboxylic acids is 1. The lowest BCUT2D eigenvalue weighted by Crippen LogP contribution is -1.89. The topological polar surface area (TPSA) is 37.3 Å². The predicted octanol–water partition coefficient (Wildman–Crippen LogP) is 3.39. The fourth-order valence-electron chi connectivity index (χ4n) is 1.26. The summed E-state index contributed by atoms with van der Waals surface area (Å²) in [5.41, 5.74) is 0.469. The normalized spacial score (nSPS) is 10.4. The maximum absolute atomic E-state index is 12.9. The van der Waals surface area contributed by atoms with E-state index in [1.54, 1.807) is 6.07 Å². The molecule has 16 heavy (non-hydrogen) atoms. The van der Waals surface area contributed by atoms with E-state index in [0.29, 0.717) is 10.4 Å². The molecule has 0 bridgehead atoms. The fraction of sp³-hybridized carbons (Fsp3) is 0. The van der Waals surface area contributed by atoms with Crippen molar-refractivity contribution in [3.05, 3.63) is 46.8 Å². The third-order valence-electron chi connectivity index (χ3n) is 2.02. The fourth-order valence-corrected chi connectivity index (χ4v) is 2.10. The van der Waals surface area contributed by atoms with E-state index in [0.717, 1.165) is 23.5 Å². The van der Waals surface area contributed by atoms with Gasteiger partial charge in [0.05, 0.1) is 0 Å². The van der Waals surface area contributed by atoms with Gasteiger partial charge < -0.3 is 5.11 Å². The van der Waals surface area contributed by atoms with Gasteiger partial charge in [0.25, 0.3) is 0 Å². The molecule has 1 N–H and O–H groups in total. The van der Waals surface area contributed by atoms with E-state index < -0.39 is 17.6 Å². The van der Waals surface area contributed by atoms with Gasteiger partial charge in [-0.1, -0.05) is 6.07 Å². The molecule has 0 saturated heterocycles. The highest BCUT2D eigenvalue weighted by Crippen LogP contribution is 2.28. The number of benzene rings is 1. The monoisotopic (exact) mass is 240 g/mol. The summed E-state index contributed by atoms with van der Waals surface area (Å²) in [7, 11) is 0. The molecule has 0 spiro atoms. The molecule has 0 radical (unpaired) electrons. The van der Waals surface area contributed by atoms with E-state index in [2.05, 4.69) is 0 Å². The Hall–Kier alpha value is -1.75. The highest BCUT2D eigenvalue weighted by atomic mass is 32.1. The molecule has 0 aliphatic carbocycles. The highest BCUT2D eigenvalue weighted by molar-refractivity contribution is 7.17. The molecule has 1 aromatic carbocycles. The van der Waals surface area contributed by atoms with Crippen molar-refractivity contribution in [2.45, 2.75) is 0 Å². The molecular weight excluding hydrogens is 234 g/mol. The SMILES string of the molecule is O=C(O)c1ccc(-c2ccc(F)c(F)c2)s1. The van der Waals surface area contributed by atoms with E-state index in [4.69, 9.17) is 5.11 Å². The first-order chi connectivity index (χ1) is 7.58. The molecule has 5 heteroatoms. The minimum atomic E-state index is -1.03. The van der Waals surface area contributed by atoms with Crippen molar-refractivity contribution in [3.63, 3.8) is 0 Å². The number of halogens is 2. The van der Waals surface area contributed by atoms with Crippen molar-refractivity contribution in [1.82, 2.24) is 0 Å². The lowest BCUT2D eigenvalue weighted by atomic mass is 10.2. The smallest absolute Gasteiger partial charge is 0.345 e. The van der Waals surface area contributed by atoms with Crippen LogP contribution in [0.3, 0.4) is 0 Å². The minimum absolute atomic E-state index is 0.166. The largest absolute Gasteiger partial charge is 0.477 e. The molecule has 82 valence electrons. The van der Waals surface area contributed by atoms with Gasteiger partial charge in [0, 0.05) is 4.88 Å². The number of carboxylic acid groups (broad SMARTS) is 1. The summed E-state index contributed by atoms with van der Waals surface area (Å²) in [5, 5.41) is 8.72. The first-order valence-corrected chi connectivity index (χ1v) is 5.18. The Morgan fingerprint density at radius 1 is 1.12 bits per heavy atom. The molecule has 0 fully saturated rings. The summed E-state index contributed by atoms with van der Waals surface area (Å²) in [5.74, 6) is -2.89. The zero-order valence-electron chi connectivity index (χ0n) is 7.91. The second-order valence-electron chi connectivity index (χ2n) is 3.10. The van der Waals surface area contributed by atoms with Crippen molar-refractivity contribution in [2.75, 3.05) is 0 Å². The lowest BCUT2D eigenvalue weighted by Gasteiger charge is -1.97. The number of hydrogen-bond acceptors (Lipinski definition) is 2. The van der Waals surface area contributed by atoms with Gasteiger partial charge in [-0.25, -0.2) is 13.6 Å². The Morgan fingerprint density at radius 3 is 2.44 bits per heavy atom. The second kappa shape index (κ2) is 4.02. The zero-order chi connectivity index (χ0) is 11.7. The van der Waals surface area contributed by atoms with Crippen molar-refractivity contribution in [2.24, 2.45) is 0 Å². The zero-order valence-corrected chi connectivity index (χ0v) is 8.72. The molecule has 0 aliphatic rings. The first kappa shape index (κ1) is 10.8. The average molecular weight is 240 g/mol. The van der Waals surface area contributed by atoms with Crippen molar-refractivity contribution >= 4 is 17.3 Å². The van der Waals surface area contributed by atoms with Crippen LogP contribution in [-0.4, -0.2) is 11.1 Å². The van der Waals surface area contributed by atoms with Crippen molar-refractivity contribution in [3.8, 4) is 10.4 Å². The Balaban J connectivity index is 2.42. The quantitative estimate of drug-likeness (QED) is 0.873. The second-order valence-corrected chi connectivity index (χ2v) is 4.18. The Kier molecular flexibility index (Phi) is 2.70. The minimum Gasteiger partial charge on any atom is -0.477 e. The predicted molar refractivity (Wildman–Crippen MR) is 56.6 cm³/mol. The van der Waals surface area contributed by atoms with Crippen LogP contribution in [0.2, 0.25) is 0 Å². The van der Waals surface area contributed by atoms with Gasteiger partial charge in [0.2, 0.25) is 0 Å². The third kappa shape index (κ3) is 1.94. The summed E-state index contributed by atoms with van der Waals surface area (Å²) in [4.78, 5) is 11.4. The van der Waals surface area contributed by atoms with Crippen LogP contribution < -0.4 is 0 Å². The number of thiophene rings is 1. The van der Waals surface area contributed by atoms with Crippen LogP contribution in [0.15, 0.2) is 30.3 Å². The van der Waals surface area contributed by atoms with Crippen LogP contribution >= 0.6 is 11.3 Å². The Morgan fingerprint density at radius 2 is 1.88 bits per heavy atom. The first-order valence-electron chi connectivity index (χ1n) is 4.36. The van der Waals surface area contributed by atoms with E-state index in [-0.39, 0.29) is 4.88 Å². The maximum Gasteiger partial charge on any atom is 0.345 e. The summed E-state index contributed by atoms with van der Waals surface area (Å²) < 4.78 is 25.6. The van der Waals surface area contributed by atoms with E-state index in [9.17, 15) is 13.6 Å². The number of rotatable bonds is 2. The molecule has 1 heterocycles. The Labute approximate surface area is 93.8 Å². The maximum atomic E-state index is 12.9. The summed E-state index contributed by atoms with van der Waals surface area (Å²) in [6.45, 7) is 0. The van der Waals surface area contributed by atoms with Crippen LogP contribution in [-0.2, 0) is 0 Å². The lowest BCUT2D eigenvalue weighted by molar-refractivity contribution is 0.0702.